The van der Waals surface area contributed by atoms with Crippen molar-refractivity contribution in [1.82, 2.24) is 35.8 Å². The van der Waals surface area contributed by atoms with Gasteiger partial charge in [0.15, 0.2) is 0 Å². The highest BCUT2D eigenvalue weighted by Crippen LogP contribution is 2.30. The number of nitrogens with zero attached hydrogens (tertiary/aromatic N) is 7. The lowest BCUT2D eigenvalue weighted by molar-refractivity contribution is 0.584. The fourth-order valence-corrected chi connectivity index (χ4v) is 2.48. The van der Waals surface area contributed by atoms with E-state index in [1.54, 1.807) is 24.5 Å². The fraction of sp³-hybridized carbons (Fsp3) is 0.0556. The minimum Gasteiger partial charge on any atom is -0.416 e. The highest BCUT2D eigenvalue weighted by molar-refractivity contribution is 5.79. The maximum atomic E-state index is 9.31. The molecule has 0 atom stereocenters. The Kier molecular flexibility index (Phi) is 4.54. The average Bonchev–Trinajstić information content (AvgIpc) is 3.42. The summed E-state index contributed by atoms with van der Waals surface area (Å²) in [4.78, 5) is 3.98. The Hall–Kier alpha value is -4.39. The Labute approximate surface area is 159 Å². The number of pyridine rings is 1. The number of hydrogen-bond acceptors (Lipinski definition) is 9. The predicted octanol–water partition coefficient (Wildman–Crippen LogP) is 2.60. The van der Waals surface area contributed by atoms with E-state index in [2.05, 4.69) is 41.1 Å². The number of allylic oxidation sites excluding steroid dienone is 1. The lowest BCUT2D eigenvalue weighted by Gasteiger charge is -2.07. The van der Waals surface area contributed by atoms with Crippen LogP contribution in [0.4, 0.5) is 5.69 Å². The van der Waals surface area contributed by atoms with Crippen LogP contribution < -0.4 is 5.32 Å². The molecule has 4 aromatic rings. The molecule has 0 radical (unpaired) electrons. The maximum Gasteiger partial charge on any atom is 0.250 e. The summed E-state index contributed by atoms with van der Waals surface area (Å²) in [6.45, 7) is 1.96. The Morgan fingerprint density at radius 1 is 1.14 bits per heavy atom. The zero-order chi connectivity index (χ0) is 19.3. The summed E-state index contributed by atoms with van der Waals surface area (Å²) in [5.74, 6) is 0.941. The molecular weight excluding hydrogens is 358 g/mol. The van der Waals surface area contributed by atoms with Gasteiger partial charge in [-0.25, -0.2) is 0 Å². The molecule has 0 aliphatic carbocycles. The summed E-state index contributed by atoms with van der Waals surface area (Å²) in [6.07, 6.45) is 4.81. The fourth-order valence-electron chi connectivity index (χ4n) is 2.48. The summed E-state index contributed by atoms with van der Waals surface area (Å²) in [6, 6.07) is 11.3. The topological polar surface area (TPSA) is 142 Å². The van der Waals surface area contributed by atoms with Crippen LogP contribution in [0.5, 0.6) is 0 Å². The molecule has 2 N–H and O–H groups in total. The van der Waals surface area contributed by atoms with E-state index in [1.807, 2.05) is 31.2 Å². The monoisotopic (exact) mass is 371 g/mol. The first-order valence-electron chi connectivity index (χ1n) is 8.20. The summed E-state index contributed by atoms with van der Waals surface area (Å²) in [5, 5.41) is 34.1. The molecule has 0 unspecified atom stereocenters. The molecule has 3 heterocycles. The van der Waals surface area contributed by atoms with E-state index in [-0.39, 0.29) is 11.4 Å². The third-order valence-electron chi connectivity index (χ3n) is 3.84. The number of tetrazole rings is 1. The van der Waals surface area contributed by atoms with E-state index in [9.17, 15) is 5.26 Å². The molecule has 0 saturated heterocycles. The number of nitrogens with one attached hydrogen (secondary N) is 2. The molecule has 1 aromatic carbocycles. The first kappa shape index (κ1) is 17.0. The van der Waals surface area contributed by atoms with Crippen LogP contribution in [0.25, 0.3) is 28.5 Å². The van der Waals surface area contributed by atoms with Gasteiger partial charge >= 0.3 is 0 Å². The van der Waals surface area contributed by atoms with Gasteiger partial charge in [-0.3, -0.25) is 4.98 Å². The van der Waals surface area contributed by atoms with Crippen molar-refractivity contribution in [1.29, 1.82) is 5.26 Å². The van der Waals surface area contributed by atoms with Gasteiger partial charge in [-0.2, -0.15) is 10.5 Å². The SMILES string of the molecule is Cc1ccc(NC=C(C#N)c2nn[nH]n2)c(-c2nnc(-c3ccncc3)o2)c1. The van der Waals surface area contributed by atoms with Crippen molar-refractivity contribution in [2.75, 3.05) is 5.32 Å². The van der Waals surface area contributed by atoms with Crippen LogP contribution in [0.2, 0.25) is 0 Å². The van der Waals surface area contributed by atoms with Crippen molar-refractivity contribution in [2.45, 2.75) is 6.92 Å². The van der Waals surface area contributed by atoms with Crippen LogP contribution in [0.15, 0.2) is 53.3 Å². The third-order valence-corrected chi connectivity index (χ3v) is 3.84. The van der Waals surface area contributed by atoms with Gasteiger partial charge in [0, 0.05) is 24.2 Å². The second kappa shape index (κ2) is 7.46. The second-order valence-corrected chi connectivity index (χ2v) is 5.75. The van der Waals surface area contributed by atoms with Crippen molar-refractivity contribution in [3.05, 3.63) is 60.3 Å². The zero-order valence-corrected chi connectivity index (χ0v) is 14.7. The molecule has 4 rings (SSSR count). The van der Waals surface area contributed by atoms with Crippen LogP contribution >= 0.6 is 0 Å². The first-order valence-corrected chi connectivity index (χ1v) is 8.20. The van der Waals surface area contributed by atoms with Gasteiger partial charge in [0.25, 0.3) is 0 Å². The number of benzene rings is 1. The summed E-state index contributed by atoms with van der Waals surface area (Å²) in [7, 11) is 0. The summed E-state index contributed by atoms with van der Waals surface area (Å²) in [5.41, 5.74) is 3.41. The molecule has 0 aliphatic rings. The van der Waals surface area contributed by atoms with Gasteiger partial charge < -0.3 is 9.73 Å². The smallest absolute Gasteiger partial charge is 0.250 e. The van der Waals surface area contributed by atoms with Crippen LogP contribution in [0.3, 0.4) is 0 Å². The van der Waals surface area contributed by atoms with Crippen molar-refractivity contribution < 1.29 is 4.42 Å². The van der Waals surface area contributed by atoms with Crippen molar-refractivity contribution in [3.63, 3.8) is 0 Å². The number of aryl methyl sites for hydroxylation is 1. The minimum absolute atomic E-state index is 0.196. The average molecular weight is 371 g/mol. The van der Waals surface area contributed by atoms with Gasteiger partial charge in [-0.05, 0) is 36.4 Å². The molecule has 136 valence electrons. The largest absolute Gasteiger partial charge is 0.416 e. The third kappa shape index (κ3) is 3.45. The van der Waals surface area contributed by atoms with E-state index < -0.39 is 0 Å². The molecule has 10 heteroatoms. The van der Waals surface area contributed by atoms with Gasteiger partial charge in [0.05, 0.1) is 11.3 Å². The van der Waals surface area contributed by atoms with Gasteiger partial charge in [0.2, 0.25) is 17.6 Å². The number of aromatic amines is 1. The predicted molar refractivity (Wildman–Crippen MR) is 99.1 cm³/mol. The Bertz CT molecular complexity index is 1160. The number of anilines is 1. The molecule has 0 amide bonds. The quantitative estimate of drug-likeness (QED) is 0.506. The van der Waals surface area contributed by atoms with E-state index >= 15 is 0 Å². The van der Waals surface area contributed by atoms with Crippen LogP contribution in [0, 0.1) is 18.3 Å². The van der Waals surface area contributed by atoms with E-state index in [0.717, 1.165) is 11.1 Å². The molecule has 3 aromatic heterocycles. The number of nitriles is 1. The number of H-pyrrole nitrogens is 1. The van der Waals surface area contributed by atoms with E-state index in [0.29, 0.717) is 23.0 Å². The standard InChI is InChI=1S/C18H13N9O/c1-11-2-3-15(21-10-13(9-19)16-22-26-27-23-16)14(8-11)18-25-24-17(28-18)12-4-6-20-7-5-12/h2-8,10,21H,1H3,(H,22,23,26,27). The van der Waals surface area contributed by atoms with Crippen LogP contribution in [-0.2, 0) is 0 Å². The van der Waals surface area contributed by atoms with E-state index in [4.69, 9.17) is 4.42 Å². The van der Waals surface area contributed by atoms with Crippen molar-refractivity contribution in [2.24, 2.45) is 0 Å². The minimum atomic E-state index is 0.196. The van der Waals surface area contributed by atoms with Crippen molar-refractivity contribution >= 4 is 11.3 Å². The summed E-state index contributed by atoms with van der Waals surface area (Å²) >= 11 is 0. The highest BCUT2D eigenvalue weighted by Gasteiger charge is 2.15. The molecule has 10 nitrogen and oxygen atoms in total. The lowest BCUT2D eigenvalue weighted by atomic mass is 10.1. The molecule has 28 heavy (non-hydrogen) atoms. The number of aromatic nitrogens is 7. The number of hydrogen-bond donors (Lipinski definition) is 2. The Morgan fingerprint density at radius 3 is 2.71 bits per heavy atom. The molecular formula is C18H13N9O. The zero-order valence-electron chi connectivity index (χ0n) is 14.7. The van der Waals surface area contributed by atoms with Crippen LogP contribution in [-0.4, -0.2) is 35.8 Å². The summed E-state index contributed by atoms with van der Waals surface area (Å²) < 4.78 is 5.84. The lowest BCUT2D eigenvalue weighted by Crippen LogP contribution is -1.96. The highest BCUT2D eigenvalue weighted by atomic mass is 16.4. The second-order valence-electron chi connectivity index (χ2n) is 5.75. The molecule has 0 bridgehead atoms. The first-order chi connectivity index (χ1) is 13.7. The number of rotatable bonds is 5. The molecule has 0 aliphatic heterocycles. The van der Waals surface area contributed by atoms with Gasteiger partial charge in [0.1, 0.15) is 11.6 Å². The van der Waals surface area contributed by atoms with E-state index in [1.165, 1.54) is 6.20 Å². The normalized spacial score (nSPS) is 11.2. The Morgan fingerprint density at radius 2 is 1.96 bits per heavy atom. The maximum absolute atomic E-state index is 9.31. The van der Waals surface area contributed by atoms with Gasteiger partial charge in [-0.1, -0.05) is 11.6 Å². The molecule has 0 saturated carbocycles. The Balaban J connectivity index is 1.68. The van der Waals surface area contributed by atoms with Crippen LogP contribution in [0.1, 0.15) is 11.4 Å². The van der Waals surface area contributed by atoms with Gasteiger partial charge in [-0.15, -0.1) is 20.4 Å². The molecule has 0 fully saturated rings. The molecule has 0 spiro atoms. The van der Waals surface area contributed by atoms with Crippen molar-refractivity contribution in [3.8, 4) is 29.0 Å².